The molecule has 1 fully saturated rings. The van der Waals surface area contributed by atoms with Crippen LogP contribution in [0.15, 0.2) is 0 Å². The molecule has 4 nitrogen and oxygen atoms in total. The molecule has 1 atom stereocenters. The fraction of sp³-hybridized carbons (Fsp3) is 0.875. The summed E-state index contributed by atoms with van der Waals surface area (Å²) in [6.45, 7) is 10.7. The highest BCUT2D eigenvalue weighted by Crippen LogP contribution is 2.37. The molecule has 2 N–H and O–H groups in total. The van der Waals surface area contributed by atoms with Crippen LogP contribution in [0, 0.1) is 11.3 Å². The van der Waals surface area contributed by atoms with Crippen molar-refractivity contribution in [3.63, 3.8) is 0 Å². The second-order valence-electron chi connectivity index (χ2n) is 7.17. The van der Waals surface area contributed by atoms with Crippen LogP contribution in [-0.4, -0.2) is 23.9 Å². The molecule has 0 aromatic carbocycles. The van der Waals surface area contributed by atoms with E-state index in [-0.39, 0.29) is 12.1 Å². The summed E-state index contributed by atoms with van der Waals surface area (Å²) in [6.07, 6.45) is 5.03. The van der Waals surface area contributed by atoms with Crippen molar-refractivity contribution in [3.05, 3.63) is 0 Å². The average molecular weight is 282 g/mol. The van der Waals surface area contributed by atoms with E-state index in [0.717, 1.165) is 32.1 Å². The summed E-state index contributed by atoms with van der Waals surface area (Å²) in [6, 6.07) is 0.202. The third-order valence-electron chi connectivity index (χ3n) is 4.48. The van der Waals surface area contributed by atoms with Crippen molar-refractivity contribution in [1.29, 1.82) is 0 Å². The first-order valence-corrected chi connectivity index (χ1v) is 7.85. The van der Waals surface area contributed by atoms with Crippen molar-refractivity contribution < 1.29 is 9.59 Å². The maximum Gasteiger partial charge on any atom is 0.309 e. The predicted molar refractivity (Wildman–Crippen MR) is 81.2 cm³/mol. The number of hydrogen-bond acceptors (Lipinski definition) is 2. The summed E-state index contributed by atoms with van der Waals surface area (Å²) < 4.78 is 0. The van der Waals surface area contributed by atoms with Gasteiger partial charge in [-0.3, -0.25) is 9.59 Å². The van der Waals surface area contributed by atoms with Crippen LogP contribution >= 0.6 is 0 Å². The van der Waals surface area contributed by atoms with E-state index in [4.69, 9.17) is 0 Å². The van der Waals surface area contributed by atoms with E-state index in [1.807, 2.05) is 13.8 Å². The topological polar surface area (TPSA) is 58.2 Å². The Morgan fingerprint density at radius 1 is 1.10 bits per heavy atom. The first-order valence-electron chi connectivity index (χ1n) is 7.85. The SMILES string of the molecule is CC[C@H](C)NC(=O)C(=O)NC1CCC(C(C)(C)C)CC1. The summed E-state index contributed by atoms with van der Waals surface area (Å²) in [5.41, 5.74) is 0.336. The maximum absolute atomic E-state index is 11.8. The van der Waals surface area contributed by atoms with Gasteiger partial charge in [0.25, 0.3) is 0 Å². The smallest absolute Gasteiger partial charge is 0.309 e. The Kier molecular flexibility index (Phi) is 6.03. The Hall–Kier alpha value is -1.06. The zero-order valence-corrected chi connectivity index (χ0v) is 13.6. The Morgan fingerprint density at radius 3 is 2.10 bits per heavy atom. The summed E-state index contributed by atoms with van der Waals surface area (Å²) in [4.78, 5) is 23.5. The van der Waals surface area contributed by atoms with E-state index in [1.54, 1.807) is 0 Å². The van der Waals surface area contributed by atoms with Crippen LogP contribution in [-0.2, 0) is 9.59 Å². The van der Waals surface area contributed by atoms with E-state index in [0.29, 0.717) is 11.3 Å². The van der Waals surface area contributed by atoms with Crippen LogP contribution in [0.25, 0.3) is 0 Å². The van der Waals surface area contributed by atoms with Gasteiger partial charge in [-0.05, 0) is 50.4 Å². The molecule has 0 spiro atoms. The lowest BCUT2D eigenvalue weighted by Crippen LogP contribution is -2.48. The first-order chi connectivity index (χ1) is 9.24. The lowest BCUT2D eigenvalue weighted by molar-refractivity contribution is -0.140. The third kappa shape index (κ3) is 5.14. The number of rotatable bonds is 3. The zero-order chi connectivity index (χ0) is 15.3. The van der Waals surface area contributed by atoms with E-state index in [2.05, 4.69) is 31.4 Å². The van der Waals surface area contributed by atoms with Crippen LogP contribution in [0.2, 0.25) is 0 Å². The van der Waals surface area contributed by atoms with Gasteiger partial charge >= 0.3 is 11.8 Å². The molecule has 0 unspecified atom stereocenters. The molecule has 116 valence electrons. The van der Waals surface area contributed by atoms with Gasteiger partial charge in [-0.2, -0.15) is 0 Å². The molecule has 2 amide bonds. The van der Waals surface area contributed by atoms with Crippen molar-refractivity contribution in [1.82, 2.24) is 10.6 Å². The second kappa shape index (κ2) is 7.09. The lowest BCUT2D eigenvalue weighted by Gasteiger charge is -2.37. The molecule has 0 saturated heterocycles. The number of hydrogen-bond donors (Lipinski definition) is 2. The quantitative estimate of drug-likeness (QED) is 0.782. The monoisotopic (exact) mass is 282 g/mol. The molecule has 0 aliphatic heterocycles. The van der Waals surface area contributed by atoms with Gasteiger partial charge in [0.05, 0.1) is 0 Å². The lowest BCUT2D eigenvalue weighted by atomic mass is 9.71. The molecule has 4 heteroatoms. The van der Waals surface area contributed by atoms with E-state index in [1.165, 1.54) is 0 Å². The fourth-order valence-corrected chi connectivity index (χ4v) is 2.75. The Morgan fingerprint density at radius 2 is 1.65 bits per heavy atom. The minimum absolute atomic E-state index is 0.0462. The van der Waals surface area contributed by atoms with Crippen molar-refractivity contribution in [3.8, 4) is 0 Å². The Bertz CT molecular complexity index is 339. The van der Waals surface area contributed by atoms with Crippen molar-refractivity contribution >= 4 is 11.8 Å². The van der Waals surface area contributed by atoms with Gasteiger partial charge in [0.15, 0.2) is 0 Å². The standard InChI is InChI=1S/C16H30N2O2/c1-6-11(2)17-14(19)15(20)18-13-9-7-12(8-10-13)16(3,4)5/h11-13H,6-10H2,1-5H3,(H,17,19)(H,18,20)/t11-,12?,13?/m0/s1. The fourth-order valence-electron chi connectivity index (χ4n) is 2.75. The van der Waals surface area contributed by atoms with Gasteiger partial charge in [-0.1, -0.05) is 27.7 Å². The van der Waals surface area contributed by atoms with E-state index in [9.17, 15) is 9.59 Å². The van der Waals surface area contributed by atoms with Gasteiger partial charge < -0.3 is 10.6 Å². The highest BCUT2D eigenvalue weighted by atomic mass is 16.2. The first kappa shape index (κ1) is 17.0. The Balaban J connectivity index is 2.36. The van der Waals surface area contributed by atoms with E-state index < -0.39 is 11.8 Å². The molecule has 0 aromatic rings. The molecule has 0 aromatic heterocycles. The van der Waals surface area contributed by atoms with Gasteiger partial charge in [0.1, 0.15) is 0 Å². The number of carbonyl (C=O) groups is 2. The Labute approximate surface area is 123 Å². The molecule has 1 aliphatic carbocycles. The molecule has 0 heterocycles. The second-order valence-corrected chi connectivity index (χ2v) is 7.17. The van der Waals surface area contributed by atoms with Crippen LogP contribution < -0.4 is 10.6 Å². The minimum atomic E-state index is -0.503. The third-order valence-corrected chi connectivity index (χ3v) is 4.48. The van der Waals surface area contributed by atoms with Crippen LogP contribution in [0.4, 0.5) is 0 Å². The maximum atomic E-state index is 11.8. The summed E-state index contributed by atoms with van der Waals surface area (Å²) in [7, 11) is 0. The van der Waals surface area contributed by atoms with Gasteiger partial charge in [0.2, 0.25) is 0 Å². The normalized spacial score (nSPS) is 24.9. The molecule has 1 aliphatic rings. The van der Waals surface area contributed by atoms with Gasteiger partial charge in [-0.25, -0.2) is 0 Å². The largest absolute Gasteiger partial charge is 0.345 e. The molecular weight excluding hydrogens is 252 g/mol. The van der Waals surface area contributed by atoms with Crippen LogP contribution in [0.3, 0.4) is 0 Å². The minimum Gasteiger partial charge on any atom is -0.345 e. The van der Waals surface area contributed by atoms with Crippen LogP contribution in [0.5, 0.6) is 0 Å². The molecule has 0 radical (unpaired) electrons. The van der Waals surface area contributed by atoms with Gasteiger partial charge in [0, 0.05) is 12.1 Å². The van der Waals surface area contributed by atoms with Crippen molar-refractivity contribution in [2.45, 2.75) is 78.8 Å². The molecular formula is C16H30N2O2. The number of amides is 2. The highest BCUT2D eigenvalue weighted by Gasteiger charge is 2.30. The molecule has 20 heavy (non-hydrogen) atoms. The number of carbonyl (C=O) groups excluding carboxylic acids is 2. The van der Waals surface area contributed by atoms with Crippen molar-refractivity contribution in [2.24, 2.45) is 11.3 Å². The summed E-state index contributed by atoms with van der Waals surface area (Å²) in [5.74, 6) is -0.272. The summed E-state index contributed by atoms with van der Waals surface area (Å²) >= 11 is 0. The van der Waals surface area contributed by atoms with Crippen LogP contribution in [0.1, 0.15) is 66.7 Å². The number of nitrogens with one attached hydrogen (secondary N) is 2. The van der Waals surface area contributed by atoms with Gasteiger partial charge in [-0.15, -0.1) is 0 Å². The van der Waals surface area contributed by atoms with Crippen molar-refractivity contribution in [2.75, 3.05) is 0 Å². The summed E-state index contributed by atoms with van der Waals surface area (Å²) in [5, 5.41) is 5.57. The average Bonchev–Trinajstić information content (AvgIpc) is 2.38. The van der Waals surface area contributed by atoms with E-state index >= 15 is 0 Å². The predicted octanol–water partition coefficient (Wildman–Crippen LogP) is 2.62. The zero-order valence-electron chi connectivity index (χ0n) is 13.6. The highest BCUT2D eigenvalue weighted by molar-refractivity contribution is 6.35. The molecule has 0 bridgehead atoms. The molecule has 1 rings (SSSR count). The molecule has 1 saturated carbocycles.